The van der Waals surface area contributed by atoms with E-state index in [2.05, 4.69) is 0 Å². The zero-order valence-corrected chi connectivity index (χ0v) is 8.98. The standard InChI is InChI=1S/C10H18N2O3/c1-2-8(9(11)13)12-5-3-4-7(6-12)10(14)15/h7-8H,2-6H2,1H3,(H2,11,13)(H,14,15). The van der Waals surface area contributed by atoms with Crippen LogP contribution in [-0.4, -0.2) is 41.0 Å². The van der Waals surface area contributed by atoms with Gasteiger partial charge in [-0.2, -0.15) is 0 Å². The molecule has 0 saturated carbocycles. The first kappa shape index (κ1) is 12.0. The molecule has 0 aromatic heterocycles. The average Bonchev–Trinajstić information content (AvgIpc) is 2.18. The van der Waals surface area contributed by atoms with Gasteiger partial charge in [0.05, 0.1) is 12.0 Å². The van der Waals surface area contributed by atoms with E-state index in [9.17, 15) is 9.59 Å². The number of carbonyl (C=O) groups excluding carboxylic acids is 1. The second-order valence-electron chi connectivity index (χ2n) is 4.00. The first-order valence-corrected chi connectivity index (χ1v) is 5.32. The Balaban J connectivity index is 2.62. The lowest BCUT2D eigenvalue weighted by Crippen LogP contribution is -2.50. The molecule has 2 unspecified atom stereocenters. The smallest absolute Gasteiger partial charge is 0.307 e. The number of piperidine rings is 1. The summed E-state index contributed by atoms with van der Waals surface area (Å²) in [6.45, 7) is 3.10. The van der Waals surface area contributed by atoms with E-state index in [0.717, 1.165) is 13.0 Å². The molecule has 0 aromatic carbocycles. The molecular weight excluding hydrogens is 196 g/mol. The molecular formula is C10H18N2O3. The van der Waals surface area contributed by atoms with Gasteiger partial charge < -0.3 is 10.8 Å². The molecule has 0 aliphatic carbocycles. The van der Waals surface area contributed by atoms with Crippen LogP contribution < -0.4 is 5.73 Å². The molecule has 5 nitrogen and oxygen atoms in total. The number of rotatable bonds is 4. The summed E-state index contributed by atoms with van der Waals surface area (Å²) in [6, 6.07) is -0.313. The number of hydrogen-bond acceptors (Lipinski definition) is 3. The van der Waals surface area contributed by atoms with Crippen LogP contribution in [0, 0.1) is 5.92 Å². The van der Waals surface area contributed by atoms with Crippen LogP contribution in [0.25, 0.3) is 0 Å². The number of aliphatic carboxylic acids is 1. The van der Waals surface area contributed by atoms with Crippen molar-refractivity contribution in [2.75, 3.05) is 13.1 Å². The van der Waals surface area contributed by atoms with E-state index in [1.165, 1.54) is 0 Å². The van der Waals surface area contributed by atoms with Gasteiger partial charge in [0.25, 0.3) is 0 Å². The summed E-state index contributed by atoms with van der Waals surface area (Å²) in [5.74, 6) is -1.49. The van der Waals surface area contributed by atoms with E-state index in [1.54, 1.807) is 0 Å². The fourth-order valence-corrected chi connectivity index (χ4v) is 2.13. The van der Waals surface area contributed by atoms with Gasteiger partial charge in [-0.1, -0.05) is 6.92 Å². The van der Waals surface area contributed by atoms with E-state index in [-0.39, 0.29) is 17.9 Å². The molecule has 86 valence electrons. The molecule has 1 fully saturated rings. The van der Waals surface area contributed by atoms with E-state index in [0.29, 0.717) is 19.4 Å². The van der Waals surface area contributed by atoms with E-state index in [4.69, 9.17) is 10.8 Å². The van der Waals surface area contributed by atoms with Crippen LogP contribution in [0.15, 0.2) is 0 Å². The Morgan fingerprint density at radius 1 is 1.60 bits per heavy atom. The largest absolute Gasteiger partial charge is 0.481 e. The lowest BCUT2D eigenvalue weighted by molar-refractivity contribution is -0.145. The average molecular weight is 214 g/mol. The summed E-state index contributed by atoms with van der Waals surface area (Å²) in [6.07, 6.45) is 2.16. The molecule has 1 saturated heterocycles. The molecule has 15 heavy (non-hydrogen) atoms. The van der Waals surface area contributed by atoms with Gasteiger partial charge in [-0.15, -0.1) is 0 Å². The number of nitrogens with two attached hydrogens (primary N) is 1. The van der Waals surface area contributed by atoms with Crippen molar-refractivity contribution in [2.45, 2.75) is 32.2 Å². The van der Waals surface area contributed by atoms with Gasteiger partial charge in [0.1, 0.15) is 0 Å². The van der Waals surface area contributed by atoms with Gasteiger partial charge in [-0.25, -0.2) is 0 Å². The van der Waals surface area contributed by atoms with Gasteiger partial charge in [-0.05, 0) is 25.8 Å². The predicted octanol–water partition coefficient (Wildman–Crippen LogP) is 0.0469. The molecule has 1 rings (SSSR count). The fourth-order valence-electron chi connectivity index (χ4n) is 2.13. The Morgan fingerprint density at radius 3 is 2.73 bits per heavy atom. The van der Waals surface area contributed by atoms with E-state index < -0.39 is 5.97 Å². The summed E-state index contributed by atoms with van der Waals surface area (Å²) in [5, 5.41) is 8.91. The van der Waals surface area contributed by atoms with Crippen LogP contribution in [0.1, 0.15) is 26.2 Å². The number of carbonyl (C=O) groups is 2. The number of nitrogens with zero attached hydrogens (tertiary/aromatic N) is 1. The normalized spacial score (nSPS) is 24.7. The van der Waals surface area contributed by atoms with Gasteiger partial charge in [0.2, 0.25) is 5.91 Å². The van der Waals surface area contributed by atoms with Crippen molar-refractivity contribution in [2.24, 2.45) is 11.7 Å². The van der Waals surface area contributed by atoms with Crippen LogP contribution >= 0.6 is 0 Å². The zero-order chi connectivity index (χ0) is 11.4. The zero-order valence-electron chi connectivity index (χ0n) is 8.98. The molecule has 0 aromatic rings. The third kappa shape index (κ3) is 2.92. The number of primary amides is 1. The van der Waals surface area contributed by atoms with Crippen LogP contribution in [0.5, 0.6) is 0 Å². The number of carboxylic acids is 1. The second kappa shape index (κ2) is 5.11. The number of amides is 1. The molecule has 1 heterocycles. The first-order chi connectivity index (χ1) is 7.06. The van der Waals surface area contributed by atoms with Crippen molar-refractivity contribution in [3.05, 3.63) is 0 Å². The van der Waals surface area contributed by atoms with E-state index in [1.807, 2.05) is 11.8 Å². The van der Waals surface area contributed by atoms with Crippen LogP contribution in [0.4, 0.5) is 0 Å². The highest BCUT2D eigenvalue weighted by molar-refractivity contribution is 5.80. The Bertz CT molecular complexity index is 255. The van der Waals surface area contributed by atoms with E-state index >= 15 is 0 Å². The van der Waals surface area contributed by atoms with Gasteiger partial charge in [0.15, 0.2) is 0 Å². The maximum atomic E-state index is 11.1. The number of likely N-dealkylation sites (tertiary alicyclic amines) is 1. The molecule has 3 N–H and O–H groups in total. The highest BCUT2D eigenvalue weighted by atomic mass is 16.4. The number of carboxylic acid groups (broad SMARTS) is 1. The number of hydrogen-bond donors (Lipinski definition) is 2. The van der Waals surface area contributed by atoms with Crippen LogP contribution in [-0.2, 0) is 9.59 Å². The van der Waals surface area contributed by atoms with Crippen molar-refractivity contribution in [1.82, 2.24) is 4.90 Å². The van der Waals surface area contributed by atoms with Gasteiger partial charge in [-0.3, -0.25) is 14.5 Å². The van der Waals surface area contributed by atoms with Crippen LogP contribution in [0.2, 0.25) is 0 Å². The Hall–Kier alpha value is -1.10. The minimum atomic E-state index is -0.779. The third-order valence-corrected chi connectivity index (χ3v) is 2.96. The summed E-state index contributed by atoms with van der Waals surface area (Å²) in [5.41, 5.74) is 5.27. The highest BCUT2D eigenvalue weighted by Gasteiger charge is 2.30. The maximum absolute atomic E-state index is 11.1. The van der Waals surface area contributed by atoms with Crippen molar-refractivity contribution in [3.63, 3.8) is 0 Å². The Kier molecular flexibility index (Phi) is 4.08. The first-order valence-electron chi connectivity index (χ1n) is 5.32. The molecule has 2 atom stereocenters. The monoisotopic (exact) mass is 214 g/mol. The van der Waals surface area contributed by atoms with Crippen molar-refractivity contribution < 1.29 is 14.7 Å². The Morgan fingerprint density at radius 2 is 2.27 bits per heavy atom. The Labute approximate surface area is 89.2 Å². The quantitative estimate of drug-likeness (QED) is 0.692. The summed E-state index contributed by atoms with van der Waals surface area (Å²) in [4.78, 5) is 23.9. The topological polar surface area (TPSA) is 83.6 Å². The molecule has 0 bridgehead atoms. The SMILES string of the molecule is CCC(C(N)=O)N1CCCC(C(=O)O)C1. The third-order valence-electron chi connectivity index (χ3n) is 2.96. The lowest BCUT2D eigenvalue weighted by atomic mass is 9.96. The fraction of sp³-hybridized carbons (Fsp3) is 0.800. The minimum Gasteiger partial charge on any atom is -0.481 e. The molecule has 0 spiro atoms. The highest BCUT2D eigenvalue weighted by Crippen LogP contribution is 2.19. The summed E-state index contributed by atoms with van der Waals surface area (Å²) < 4.78 is 0. The van der Waals surface area contributed by atoms with Gasteiger partial charge in [0, 0.05) is 6.54 Å². The molecule has 0 radical (unpaired) electrons. The second-order valence-corrected chi connectivity index (χ2v) is 4.00. The predicted molar refractivity (Wildman–Crippen MR) is 55.2 cm³/mol. The summed E-state index contributed by atoms with van der Waals surface area (Å²) >= 11 is 0. The molecule has 1 aliphatic heterocycles. The lowest BCUT2D eigenvalue weighted by Gasteiger charge is -2.34. The van der Waals surface area contributed by atoms with Gasteiger partial charge >= 0.3 is 5.97 Å². The maximum Gasteiger partial charge on any atom is 0.307 e. The molecule has 1 aliphatic rings. The van der Waals surface area contributed by atoms with Crippen molar-refractivity contribution >= 4 is 11.9 Å². The minimum absolute atomic E-state index is 0.313. The molecule has 5 heteroatoms. The summed E-state index contributed by atoms with van der Waals surface area (Å²) in [7, 11) is 0. The van der Waals surface area contributed by atoms with Crippen molar-refractivity contribution in [3.8, 4) is 0 Å². The molecule has 1 amide bonds. The van der Waals surface area contributed by atoms with Crippen LogP contribution in [0.3, 0.4) is 0 Å². The van der Waals surface area contributed by atoms with Crippen molar-refractivity contribution in [1.29, 1.82) is 0 Å².